The maximum atomic E-state index is 5.92. The lowest BCUT2D eigenvalue weighted by Crippen LogP contribution is -2.32. The predicted molar refractivity (Wildman–Crippen MR) is 84.3 cm³/mol. The lowest BCUT2D eigenvalue weighted by Gasteiger charge is -2.19. The highest BCUT2D eigenvalue weighted by Gasteiger charge is 2.11. The molecule has 1 unspecified atom stereocenters. The second kappa shape index (κ2) is 5.93. The molecule has 0 aliphatic heterocycles. The maximum absolute atomic E-state index is 5.92. The molecule has 0 aliphatic carbocycles. The Balaban J connectivity index is 1.84. The summed E-state index contributed by atoms with van der Waals surface area (Å²) < 4.78 is 1.81. The maximum Gasteiger partial charge on any atom is 0.157 e. The van der Waals surface area contributed by atoms with E-state index in [1.807, 2.05) is 24.3 Å². The van der Waals surface area contributed by atoms with Crippen LogP contribution in [0.1, 0.15) is 11.1 Å². The van der Waals surface area contributed by atoms with Crippen molar-refractivity contribution in [2.45, 2.75) is 19.4 Å². The average Bonchev–Trinajstić information content (AvgIpc) is 2.96. The third-order valence-corrected chi connectivity index (χ3v) is 3.48. The van der Waals surface area contributed by atoms with E-state index in [1.54, 1.807) is 10.8 Å². The van der Waals surface area contributed by atoms with E-state index in [9.17, 15) is 0 Å². The fourth-order valence-electron chi connectivity index (χ4n) is 2.46. The van der Waals surface area contributed by atoms with Crippen molar-refractivity contribution < 1.29 is 0 Å². The molecule has 0 aliphatic rings. The van der Waals surface area contributed by atoms with Crippen LogP contribution in [0, 0.1) is 6.92 Å². The highest BCUT2D eigenvalue weighted by molar-refractivity contribution is 5.51. The summed E-state index contributed by atoms with van der Waals surface area (Å²) in [6.07, 6.45) is 2.44. The van der Waals surface area contributed by atoms with Gasteiger partial charge >= 0.3 is 0 Å². The zero-order chi connectivity index (χ0) is 14.7. The summed E-state index contributed by atoms with van der Waals surface area (Å²) >= 11 is 0. The van der Waals surface area contributed by atoms with E-state index in [1.165, 1.54) is 5.56 Å². The number of hydrogen-bond donors (Lipinski definition) is 2. The van der Waals surface area contributed by atoms with Gasteiger partial charge in [-0.3, -0.25) is 0 Å². The van der Waals surface area contributed by atoms with Crippen LogP contribution in [0.25, 0.3) is 5.65 Å². The van der Waals surface area contributed by atoms with Gasteiger partial charge in [0.15, 0.2) is 5.65 Å². The average molecular weight is 281 g/mol. The van der Waals surface area contributed by atoms with Gasteiger partial charge in [-0.2, -0.15) is 9.61 Å². The molecule has 5 nitrogen and oxygen atoms in total. The minimum absolute atomic E-state index is 0.154. The SMILES string of the molecule is Cc1cc(NC(CN)Cc2ccccc2)n2ncnc2c1. The lowest BCUT2D eigenvalue weighted by molar-refractivity contribution is 0.713. The van der Waals surface area contributed by atoms with Gasteiger partial charge in [0.2, 0.25) is 0 Å². The van der Waals surface area contributed by atoms with Crippen LogP contribution >= 0.6 is 0 Å². The summed E-state index contributed by atoms with van der Waals surface area (Å²) in [5.41, 5.74) is 9.17. The Morgan fingerprint density at radius 2 is 2.05 bits per heavy atom. The summed E-state index contributed by atoms with van der Waals surface area (Å²) in [6.45, 7) is 2.60. The molecule has 3 N–H and O–H groups in total. The molecule has 0 radical (unpaired) electrons. The molecule has 1 atom stereocenters. The van der Waals surface area contributed by atoms with Gasteiger partial charge in [-0.05, 0) is 36.6 Å². The Labute approximate surface area is 123 Å². The molecular formula is C16H19N5. The fraction of sp³-hybridized carbons (Fsp3) is 0.250. The first-order valence-electron chi connectivity index (χ1n) is 7.07. The Kier molecular flexibility index (Phi) is 3.83. The smallest absolute Gasteiger partial charge is 0.157 e. The molecule has 0 fully saturated rings. The largest absolute Gasteiger partial charge is 0.366 e. The second-order valence-electron chi connectivity index (χ2n) is 5.21. The molecular weight excluding hydrogens is 262 g/mol. The monoisotopic (exact) mass is 281 g/mol. The van der Waals surface area contributed by atoms with Crippen LogP contribution in [-0.4, -0.2) is 27.2 Å². The molecule has 0 amide bonds. The number of aromatic nitrogens is 3. The van der Waals surface area contributed by atoms with Crippen molar-refractivity contribution in [3.05, 3.63) is 59.9 Å². The highest BCUT2D eigenvalue weighted by atomic mass is 15.3. The summed E-state index contributed by atoms with van der Waals surface area (Å²) in [5, 5.41) is 7.74. The zero-order valence-corrected chi connectivity index (χ0v) is 12.0. The highest BCUT2D eigenvalue weighted by Crippen LogP contribution is 2.15. The van der Waals surface area contributed by atoms with Gasteiger partial charge in [0.1, 0.15) is 12.1 Å². The van der Waals surface area contributed by atoms with Crippen LogP contribution in [0.2, 0.25) is 0 Å². The molecule has 2 heterocycles. The number of rotatable bonds is 5. The molecule has 0 saturated heterocycles. The number of nitrogens with zero attached hydrogens (tertiary/aromatic N) is 3. The minimum Gasteiger partial charge on any atom is -0.366 e. The first-order valence-corrected chi connectivity index (χ1v) is 7.07. The molecule has 3 aromatic rings. The van der Waals surface area contributed by atoms with Crippen molar-refractivity contribution in [2.75, 3.05) is 11.9 Å². The second-order valence-corrected chi connectivity index (χ2v) is 5.21. The molecule has 0 bridgehead atoms. The molecule has 3 rings (SSSR count). The number of anilines is 1. The van der Waals surface area contributed by atoms with E-state index in [0.717, 1.165) is 23.4 Å². The van der Waals surface area contributed by atoms with Crippen LogP contribution < -0.4 is 11.1 Å². The van der Waals surface area contributed by atoms with Crippen molar-refractivity contribution in [2.24, 2.45) is 5.73 Å². The number of pyridine rings is 1. The van der Waals surface area contributed by atoms with Crippen molar-refractivity contribution in [1.29, 1.82) is 0 Å². The fourth-order valence-corrected chi connectivity index (χ4v) is 2.46. The predicted octanol–water partition coefficient (Wildman–Crippen LogP) is 2.02. The number of fused-ring (bicyclic) bond motifs is 1. The van der Waals surface area contributed by atoms with Crippen LogP contribution in [0.5, 0.6) is 0 Å². The van der Waals surface area contributed by atoms with Gasteiger partial charge in [0.25, 0.3) is 0 Å². The first-order chi connectivity index (χ1) is 10.3. The molecule has 5 heteroatoms. The van der Waals surface area contributed by atoms with Gasteiger partial charge in [-0.1, -0.05) is 30.3 Å². The summed E-state index contributed by atoms with van der Waals surface area (Å²) in [7, 11) is 0. The van der Waals surface area contributed by atoms with Crippen molar-refractivity contribution in [3.63, 3.8) is 0 Å². The normalized spacial score (nSPS) is 12.5. The van der Waals surface area contributed by atoms with Gasteiger partial charge in [0.05, 0.1) is 0 Å². The van der Waals surface area contributed by atoms with Crippen LogP contribution in [0.3, 0.4) is 0 Å². The first kappa shape index (κ1) is 13.6. The van der Waals surface area contributed by atoms with E-state index < -0.39 is 0 Å². The molecule has 108 valence electrons. The Bertz CT molecular complexity index is 720. The Hall–Kier alpha value is -2.40. The number of nitrogens with one attached hydrogen (secondary N) is 1. The lowest BCUT2D eigenvalue weighted by atomic mass is 10.1. The number of aryl methyl sites for hydroxylation is 1. The van der Waals surface area contributed by atoms with Crippen molar-refractivity contribution >= 4 is 11.5 Å². The van der Waals surface area contributed by atoms with Crippen molar-refractivity contribution in [1.82, 2.24) is 14.6 Å². The summed E-state index contributed by atoms with van der Waals surface area (Å²) in [4.78, 5) is 4.24. The van der Waals surface area contributed by atoms with E-state index in [2.05, 4.69) is 40.5 Å². The zero-order valence-electron chi connectivity index (χ0n) is 12.0. The third kappa shape index (κ3) is 3.03. The number of benzene rings is 1. The minimum atomic E-state index is 0.154. The molecule has 0 spiro atoms. The van der Waals surface area contributed by atoms with E-state index in [4.69, 9.17) is 5.73 Å². The molecule has 0 saturated carbocycles. The molecule has 2 aromatic heterocycles. The number of nitrogens with two attached hydrogens (primary N) is 1. The van der Waals surface area contributed by atoms with E-state index in [-0.39, 0.29) is 6.04 Å². The summed E-state index contributed by atoms with van der Waals surface area (Å²) in [6, 6.07) is 14.6. The van der Waals surface area contributed by atoms with Crippen LogP contribution in [0.15, 0.2) is 48.8 Å². The Morgan fingerprint density at radius 1 is 1.24 bits per heavy atom. The quantitative estimate of drug-likeness (QED) is 0.751. The molecule has 21 heavy (non-hydrogen) atoms. The van der Waals surface area contributed by atoms with Gasteiger partial charge in [-0.15, -0.1) is 0 Å². The third-order valence-electron chi connectivity index (χ3n) is 3.48. The molecule has 1 aromatic carbocycles. The van der Waals surface area contributed by atoms with Gasteiger partial charge < -0.3 is 11.1 Å². The van der Waals surface area contributed by atoms with E-state index in [0.29, 0.717) is 6.54 Å². The van der Waals surface area contributed by atoms with Gasteiger partial charge in [0, 0.05) is 12.6 Å². The standard InChI is InChI=1S/C16H19N5/c1-12-7-15-18-11-19-21(15)16(8-12)20-14(10-17)9-13-5-3-2-4-6-13/h2-8,11,14,20H,9-10,17H2,1H3. The van der Waals surface area contributed by atoms with Crippen LogP contribution in [0.4, 0.5) is 5.82 Å². The topological polar surface area (TPSA) is 68.2 Å². The van der Waals surface area contributed by atoms with Crippen molar-refractivity contribution in [3.8, 4) is 0 Å². The van der Waals surface area contributed by atoms with Gasteiger partial charge in [-0.25, -0.2) is 4.98 Å². The number of hydrogen-bond acceptors (Lipinski definition) is 4. The van der Waals surface area contributed by atoms with E-state index >= 15 is 0 Å². The summed E-state index contributed by atoms with van der Waals surface area (Å²) in [5.74, 6) is 0.925. The Morgan fingerprint density at radius 3 is 2.81 bits per heavy atom. The van der Waals surface area contributed by atoms with Crippen LogP contribution in [-0.2, 0) is 6.42 Å².